The number of rotatable bonds is 9. The van der Waals surface area contributed by atoms with Gasteiger partial charge in [-0.1, -0.05) is 6.07 Å². The Morgan fingerprint density at radius 2 is 1.80 bits per heavy atom. The van der Waals surface area contributed by atoms with Crippen molar-refractivity contribution in [1.82, 2.24) is 5.32 Å². The summed E-state index contributed by atoms with van der Waals surface area (Å²) in [6.07, 6.45) is 1.60. The van der Waals surface area contributed by atoms with Gasteiger partial charge in [0.1, 0.15) is 10.7 Å². The van der Waals surface area contributed by atoms with Gasteiger partial charge in [-0.15, -0.1) is 0 Å². The summed E-state index contributed by atoms with van der Waals surface area (Å²) in [5.41, 5.74) is 1.30. The lowest BCUT2D eigenvalue weighted by Gasteiger charge is -2.13. The molecule has 2 aromatic carbocycles. The first-order chi connectivity index (χ1) is 14.4. The zero-order valence-corrected chi connectivity index (χ0v) is 17.4. The molecule has 9 heteroatoms. The number of ether oxygens (including phenoxy) is 1. The molecule has 0 radical (unpaired) electrons. The fourth-order valence-electron chi connectivity index (χ4n) is 2.71. The predicted molar refractivity (Wildman–Crippen MR) is 111 cm³/mol. The number of carbonyl (C=O) groups excluding carboxylic acids is 1. The zero-order chi connectivity index (χ0) is 21.6. The van der Waals surface area contributed by atoms with Gasteiger partial charge in [0.15, 0.2) is 11.5 Å². The van der Waals surface area contributed by atoms with Crippen molar-refractivity contribution in [2.75, 3.05) is 12.4 Å². The van der Waals surface area contributed by atoms with E-state index in [0.717, 1.165) is 11.3 Å². The number of benzene rings is 2. The Bertz CT molecular complexity index is 1090. The molecular weight excluding hydrogens is 408 g/mol. The number of nitrogens with one attached hydrogen (secondary N) is 2. The average molecular weight is 430 g/mol. The highest BCUT2D eigenvalue weighted by molar-refractivity contribution is 7.87. The van der Waals surface area contributed by atoms with Crippen molar-refractivity contribution in [2.24, 2.45) is 0 Å². The summed E-state index contributed by atoms with van der Waals surface area (Å²) >= 11 is 0. The summed E-state index contributed by atoms with van der Waals surface area (Å²) in [6, 6.07) is 14.4. The van der Waals surface area contributed by atoms with E-state index < -0.39 is 10.1 Å². The summed E-state index contributed by atoms with van der Waals surface area (Å²) in [5, 5.41) is 5.79. The maximum absolute atomic E-state index is 12.7. The molecule has 0 spiro atoms. The number of carbonyl (C=O) groups is 1. The second kappa shape index (κ2) is 9.47. The standard InChI is InChI=1S/C21H22N2O6S/c1-15(24)23-17-6-8-19(9-7-17)30(25,26)29-21-12-16(5-10-20(21)27-2)13-22-14-18-4-3-11-28-18/h3-12,22H,13-14H2,1-2H3,(H,23,24). The quantitative estimate of drug-likeness (QED) is 0.502. The van der Waals surface area contributed by atoms with Gasteiger partial charge in [0.25, 0.3) is 0 Å². The molecule has 1 amide bonds. The first-order valence-corrected chi connectivity index (χ1v) is 10.5. The Balaban J connectivity index is 1.73. The number of anilines is 1. The van der Waals surface area contributed by atoms with E-state index in [2.05, 4.69) is 10.6 Å². The van der Waals surface area contributed by atoms with E-state index in [4.69, 9.17) is 13.3 Å². The molecule has 0 saturated carbocycles. The Labute approximate surface area is 174 Å². The van der Waals surface area contributed by atoms with Gasteiger partial charge in [-0.3, -0.25) is 4.79 Å². The van der Waals surface area contributed by atoms with Crippen LogP contribution in [0, 0.1) is 0 Å². The van der Waals surface area contributed by atoms with Crippen LogP contribution in [-0.2, 0) is 28.0 Å². The van der Waals surface area contributed by atoms with Gasteiger partial charge in [0.2, 0.25) is 5.91 Å². The van der Waals surface area contributed by atoms with Crippen LogP contribution in [0.25, 0.3) is 0 Å². The van der Waals surface area contributed by atoms with E-state index in [-0.39, 0.29) is 16.6 Å². The molecule has 0 fully saturated rings. The first kappa shape index (κ1) is 21.4. The van der Waals surface area contributed by atoms with Crippen LogP contribution in [0.2, 0.25) is 0 Å². The van der Waals surface area contributed by atoms with Crippen LogP contribution in [0.1, 0.15) is 18.2 Å². The molecule has 0 bridgehead atoms. The van der Waals surface area contributed by atoms with Crippen LogP contribution in [0.3, 0.4) is 0 Å². The monoisotopic (exact) mass is 430 g/mol. The van der Waals surface area contributed by atoms with Crippen molar-refractivity contribution >= 4 is 21.7 Å². The van der Waals surface area contributed by atoms with E-state index in [0.29, 0.717) is 24.5 Å². The van der Waals surface area contributed by atoms with Crippen molar-refractivity contribution in [1.29, 1.82) is 0 Å². The second-order valence-corrected chi connectivity index (χ2v) is 7.96. The Morgan fingerprint density at radius 1 is 1.03 bits per heavy atom. The number of methoxy groups -OCH3 is 1. The molecule has 30 heavy (non-hydrogen) atoms. The highest BCUT2D eigenvalue weighted by atomic mass is 32.2. The summed E-state index contributed by atoms with van der Waals surface area (Å²) in [7, 11) is -2.66. The summed E-state index contributed by atoms with van der Waals surface area (Å²) in [5.74, 6) is 0.929. The zero-order valence-electron chi connectivity index (χ0n) is 16.5. The normalized spacial score (nSPS) is 11.1. The molecule has 3 aromatic rings. The van der Waals surface area contributed by atoms with Crippen LogP contribution in [0.15, 0.2) is 70.2 Å². The number of hydrogen-bond donors (Lipinski definition) is 2. The van der Waals surface area contributed by atoms with Gasteiger partial charge < -0.3 is 24.0 Å². The maximum Gasteiger partial charge on any atom is 0.339 e. The van der Waals surface area contributed by atoms with Crippen molar-refractivity contribution in [3.8, 4) is 11.5 Å². The lowest BCUT2D eigenvalue weighted by Crippen LogP contribution is -2.13. The van der Waals surface area contributed by atoms with Gasteiger partial charge in [0.05, 0.1) is 19.9 Å². The highest BCUT2D eigenvalue weighted by Crippen LogP contribution is 2.31. The van der Waals surface area contributed by atoms with Crippen molar-refractivity contribution in [3.63, 3.8) is 0 Å². The Morgan fingerprint density at radius 3 is 2.43 bits per heavy atom. The maximum atomic E-state index is 12.7. The molecule has 0 saturated heterocycles. The number of furan rings is 1. The Hall–Kier alpha value is -3.30. The summed E-state index contributed by atoms with van der Waals surface area (Å²) in [6.45, 7) is 2.39. The van der Waals surface area contributed by atoms with E-state index in [1.807, 2.05) is 18.2 Å². The minimum Gasteiger partial charge on any atom is -0.493 e. The Kier molecular flexibility index (Phi) is 6.76. The van der Waals surface area contributed by atoms with Gasteiger partial charge in [-0.05, 0) is 54.1 Å². The molecule has 0 unspecified atom stereocenters. The highest BCUT2D eigenvalue weighted by Gasteiger charge is 2.19. The van der Waals surface area contributed by atoms with Gasteiger partial charge in [0, 0.05) is 19.2 Å². The average Bonchev–Trinajstić information content (AvgIpc) is 3.21. The van der Waals surface area contributed by atoms with Gasteiger partial charge >= 0.3 is 10.1 Å². The minimum absolute atomic E-state index is 0.0417. The second-order valence-electron chi connectivity index (χ2n) is 6.41. The predicted octanol–water partition coefficient (Wildman–Crippen LogP) is 3.30. The largest absolute Gasteiger partial charge is 0.493 e. The third-order valence-electron chi connectivity index (χ3n) is 4.10. The van der Waals surface area contributed by atoms with Crippen LogP contribution < -0.4 is 19.6 Å². The molecule has 0 aliphatic rings. The van der Waals surface area contributed by atoms with Crippen LogP contribution >= 0.6 is 0 Å². The fourth-order valence-corrected chi connectivity index (χ4v) is 3.65. The summed E-state index contributed by atoms with van der Waals surface area (Å²) < 4.78 is 41.2. The molecular formula is C21H22N2O6S. The molecule has 0 atom stereocenters. The number of amides is 1. The fraction of sp³-hybridized carbons (Fsp3) is 0.190. The smallest absolute Gasteiger partial charge is 0.339 e. The molecule has 1 aromatic heterocycles. The van der Waals surface area contributed by atoms with Crippen LogP contribution in [-0.4, -0.2) is 21.4 Å². The van der Waals surface area contributed by atoms with Crippen molar-refractivity contribution in [3.05, 3.63) is 72.2 Å². The topological polar surface area (TPSA) is 107 Å². The van der Waals surface area contributed by atoms with Crippen molar-refractivity contribution in [2.45, 2.75) is 24.9 Å². The molecule has 2 N–H and O–H groups in total. The lowest BCUT2D eigenvalue weighted by atomic mass is 10.2. The van der Waals surface area contributed by atoms with Gasteiger partial charge in [-0.2, -0.15) is 8.42 Å². The molecule has 0 aliphatic heterocycles. The minimum atomic E-state index is -4.09. The SMILES string of the molecule is COc1ccc(CNCc2ccco2)cc1OS(=O)(=O)c1ccc(NC(C)=O)cc1. The first-order valence-electron chi connectivity index (χ1n) is 9.09. The molecule has 8 nitrogen and oxygen atoms in total. The lowest BCUT2D eigenvalue weighted by molar-refractivity contribution is -0.114. The number of hydrogen-bond acceptors (Lipinski definition) is 7. The van der Waals surface area contributed by atoms with Gasteiger partial charge in [-0.25, -0.2) is 0 Å². The van der Waals surface area contributed by atoms with Crippen molar-refractivity contribution < 1.29 is 26.5 Å². The van der Waals surface area contributed by atoms with Crippen LogP contribution in [0.4, 0.5) is 5.69 Å². The van der Waals surface area contributed by atoms with E-state index >= 15 is 0 Å². The summed E-state index contributed by atoms with van der Waals surface area (Å²) in [4.78, 5) is 11.1. The van der Waals surface area contributed by atoms with E-state index in [1.54, 1.807) is 18.4 Å². The van der Waals surface area contributed by atoms with E-state index in [9.17, 15) is 13.2 Å². The third-order valence-corrected chi connectivity index (χ3v) is 5.35. The van der Waals surface area contributed by atoms with E-state index in [1.165, 1.54) is 38.3 Å². The third kappa shape index (κ3) is 5.62. The molecule has 0 aliphatic carbocycles. The molecule has 3 rings (SSSR count). The molecule has 158 valence electrons. The van der Waals surface area contributed by atoms with Crippen LogP contribution in [0.5, 0.6) is 11.5 Å². The molecule has 1 heterocycles.